The van der Waals surface area contributed by atoms with Gasteiger partial charge in [-0.1, -0.05) is 6.92 Å². The summed E-state index contributed by atoms with van der Waals surface area (Å²) in [5.74, 6) is -0.255. The molecule has 0 spiro atoms. The van der Waals surface area contributed by atoms with E-state index in [1.807, 2.05) is 6.92 Å². The number of carbonyl (C=O) groups excluding carboxylic acids is 2. The van der Waals surface area contributed by atoms with Gasteiger partial charge in [-0.25, -0.2) is 0 Å². The van der Waals surface area contributed by atoms with Gasteiger partial charge >= 0.3 is 0 Å². The second-order valence-electron chi connectivity index (χ2n) is 2.71. The van der Waals surface area contributed by atoms with E-state index < -0.39 is 5.24 Å². The van der Waals surface area contributed by atoms with Crippen LogP contribution in [0.1, 0.15) is 26.2 Å². The van der Waals surface area contributed by atoms with Gasteiger partial charge in [0.2, 0.25) is 11.1 Å². The van der Waals surface area contributed by atoms with Crippen LogP contribution in [-0.2, 0) is 9.59 Å². The largest absolute Gasteiger partial charge is 0.394 e. The van der Waals surface area contributed by atoms with Crippen LogP contribution in [0.25, 0.3) is 0 Å². The Morgan fingerprint density at radius 2 is 2.08 bits per heavy atom. The number of nitrogens with one attached hydrogen (secondary N) is 1. The van der Waals surface area contributed by atoms with Crippen molar-refractivity contribution in [2.75, 3.05) is 6.61 Å². The fourth-order valence-electron chi connectivity index (χ4n) is 0.788. The lowest BCUT2D eigenvalue weighted by atomic mass is 10.2. The van der Waals surface area contributed by atoms with Crippen molar-refractivity contribution in [2.24, 2.45) is 0 Å². The molecule has 1 unspecified atom stereocenters. The molecule has 0 radical (unpaired) electrons. The predicted octanol–water partition coefficient (Wildman–Crippen LogP) is 0.419. The van der Waals surface area contributed by atoms with Crippen molar-refractivity contribution in [1.82, 2.24) is 5.32 Å². The normalized spacial score (nSPS) is 12.2. The average Bonchev–Trinajstić information content (AvgIpc) is 2.10. The predicted molar refractivity (Wildman–Crippen MR) is 49.4 cm³/mol. The van der Waals surface area contributed by atoms with Crippen LogP contribution in [-0.4, -0.2) is 28.9 Å². The molecule has 0 heterocycles. The van der Waals surface area contributed by atoms with Crippen LogP contribution in [0.2, 0.25) is 0 Å². The summed E-state index contributed by atoms with van der Waals surface area (Å²) >= 11 is 5.06. The number of rotatable bonds is 6. The van der Waals surface area contributed by atoms with Crippen molar-refractivity contribution in [3.05, 3.63) is 0 Å². The summed E-state index contributed by atoms with van der Waals surface area (Å²) in [6.45, 7) is 1.77. The third kappa shape index (κ3) is 6.54. The van der Waals surface area contributed by atoms with Crippen LogP contribution in [0.3, 0.4) is 0 Å². The standard InChI is InChI=1S/C8H14ClNO3/c1-2-6(5-11)10-8(13)4-3-7(9)12/h6,11H,2-5H2,1H3,(H,10,13). The monoisotopic (exact) mass is 207 g/mol. The first-order valence-corrected chi connectivity index (χ1v) is 4.56. The van der Waals surface area contributed by atoms with Gasteiger partial charge < -0.3 is 10.4 Å². The Kier molecular flexibility index (Phi) is 6.54. The molecule has 5 heteroatoms. The van der Waals surface area contributed by atoms with Crippen molar-refractivity contribution in [3.8, 4) is 0 Å². The van der Waals surface area contributed by atoms with Crippen LogP contribution < -0.4 is 5.32 Å². The van der Waals surface area contributed by atoms with Gasteiger partial charge in [0.05, 0.1) is 12.6 Å². The van der Waals surface area contributed by atoms with E-state index >= 15 is 0 Å². The highest BCUT2D eigenvalue weighted by Gasteiger charge is 2.09. The maximum Gasteiger partial charge on any atom is 0.222 e. The first-order valence-electron chi connectivity index (χ1n) is 4.18. The number of carbonyl (C=O) groups is 2. The molecule has 13 heavy (non-hydrogen) atoms. The lowest BCUT2D eigenvalue weighted by Gasteiger charge is -2.13. The van der Waals surface area contributed by atoms with Gasteiger partial charge in [0.25, 0.3) is 0 Å². The summed E-state index contributed by atoms with van der Waals surface area (Å²) < 4.78 is 0. The molecule has 0 rings (SSSR count). The van der Waals surface area contributed by atoms with E-state index in [9.17, 15) is 9.59 Å². The molecule has 4 nitrogen and oxygen atoms in total. The van der Waals surface area contributed by atoms with E-state index in [-0.39, 0.29) is 31.4 Å². The zero-order valence-electron chi connectivity index (χ0n) is 7.55. The summed E-state index contributed by atoms with van der Waals surface area (Å²) in [4.78, 5) is 21.4. The van der Waals surface area contributed by atoms with Crippen molar-refractivity contribution in [3.63, 3.8) is 0 Å². The minimum Gasteiger partial charge on any atom is -0.394 e. The Hall–Kier alpha value is -0.610. The molecule has 1 amide bonds. The molecule has 1 atom stereocenters. The lowest BCUT2D eigenvalue weighted by molar-refractivity contribution is -0.124. The molecular weight excluding hydrogens is 194 g/mol. The molecule has 0 aliphatic heterocycles. The Balaban J connectivity index is 3.66. The molecular formula is C8H14ClNO3. The lowest BCUT2D eigenvalue weighted by Crippen LogP contribution is -2.36. The van der Waals surface area contributed by atoms with Gasteiger partial charge in [-0.3, -0.25) is 9.59 Å². The number of halogens is 1. The van der Waals surface area contributed by atoms with E-state index in [0.717, 1.165) is 0 Å². The van der Waals surface area contributed by atoms with Gasteiger partial charge in [0.1, 0.15) is 0 Å². The Labute approximate surface area is 82.3 Å². The molecule has 0 aromatic heterocycles. The third-order valence-electron chi connectivity index (χ3n) is 1.63. The molecule has 0 saturated carbocycles. The van der Waals surface area contributed by atoms with Crippen LogP contribution >= 0.6 is 11.6 Å². The highest BCUT2D eigenvalue weighted by Crippen LogP contribution is 1.96. The maximum absolute atomic E-state index is 11.0. The Morgan fingerprint density at radius 1 is 1.46 bits per heavy atom. The van der Waals surface area contributed by atoms with Crippen molar-refractivity contribution < 1.29 is 14.7 Å². The zero-order chi connectivity index (χ0) is 10.3. The van der Waals surface area contributed by atoms with Gasteiger partial charge in [0, 0.05) is 12.8 Å². The fourth-order valence-corrected chi connectivity index (χ4v) is 0.883. The van der Waals surface area contributed by atoms with Gasteiger partial charge in [-0.05, 0) is 18.0 Å². The average molecular weight is 208 g/mol. The number of hydrogen-bond acceptors (Lipinski definition) is 3. The summed E-state index contributed by atoms with van der Waals surface area (Å²) in [5.41, 5.74) is 0. The molecule has 0 fully saturated rings. The van der Waals surface area contributed by atoms with E-state index in [1.54, 1.807) is 0 Å². The van der Waals surface area contributed by atoms with Gasteiger partial charge in [0.15, 0.2) is 0 Å². The molecule has 0 aliphatic rings. The molecule has 0 bridgehead atoms. The second kappa shape index (κ2) is 6.86. The number of aliphatic hydroxyl groups is 1. The van der Waals surface area contributed by atoms with Gasteiger partial charge in [-0.15, -0.1) is 0 Å². The number of aliphatic hydroxyl groups excluding tert-OH is 1. The van der Waals surface area contributed by atoms with Crippen LogP contribution in [0, 0.1) is 0 Å². The van der Waals surface area contributed by atoms with E-state index in [1.165, 1.54) is 0 Å². The third-order valence-corrected chi connectivity index (χ3v) is 1.82. The van der Waals surface area contributed by atoms with E-state index in [2.05, 4.69) is 5.32 Å². The summed E-state index contributed by atoms with van der Waals surface area (Å²) in [7, 11) is 0. The minimum absolute atomic E-state index is 0.0370. The fraction of sp³-hybridized carbons (Fsp3) is 0.750. The van der Waals surface area contributed by atoms with Crippen LogP contribution in [0.15, 0.2) is 0 Å². The van der Waals surface area contributed by atoms with Crippen LogP contribution in [0.5, 0.6) is 0 Å². The molecule has 2 N–H and O–H groups in total. The van der Waals surface area contributed by atoms with Gasteiger partial charge in [-0.2, -0.15) is 0 Å². The van der Waals surface area contributed by atoms with E-state index in [0.29, 0.717) is 6.42 Å². The first-order chi connectivity index (χ1) is 6.10. The molecule has 76 valence electrons. The molecule has 0 aliphatic carbocycles. The molecule has 0 aromatic rings. The Bertz CT molecular complexity index is 180. The highest BCUT2D eigenvalue weighted by molar-refractivity contribution is 6.63. The minimum atomic E-state index is -0.521. The SMILES string of the molecule is CCC(CO)NC(=O)CCC(=O)Cl. The molecule has 0 saturated heterocycles. The highest BCUT2D eigenvalue weighted by atomic mass is 35.5. The zero-order valence-corrected chi connectivity index (χ0v) is 8.30. The summed E-state index contributed by atoms with van der Waals surface area (Å²) in [5, 5.41) is 10.8. The summed E-state index contributed by atoms with van der Waals surface area (Å²) in [6.07, 6.45) is 0.783. The van der Waals surface area contributed by atoms with Crippen molar-refractivity contribution in [1.29, 1.82) is 0 Å². The quantitative estimate of drug-likeness (QED) is 0.621. The van der Waals surface area contributed by atoms with Crippen molar-refractivity contribution >= 4 is 22.8 Å². The topological polar surface area (TPSA) is 66.4 Å². The Morgan fingerprint density at radius 3 is 2.46 bits per heavy atom. The second-order valence-corrected chi connectivity index (χ2v) is 3.13. The van der Waals surface area contributed by atoms with E-state index in [4.69, 9.17) is 16.7 Å². The number of amides is 1. The first kappa shape index (κ1) is 12.4. The summed E-state index contributed by atoms with van der Waals surface area (Å²) in [6, 6.07) is -0.224. The van der Waals surface area contributed by atoms with Crippen LogP contribution in [0.4, 0.5) is 0 Å². The van der Waals surface area contributed by atoms with Crippen molar-refractivity contribution in [2.45, 2.75) is 32.2 Å². The number of hydrogen-bond donors (Lipinski definition) is 2. The smallest absolute Gasteiger partial charge is 0.222 e. The molecule has 0 aromatic carbocycles. The maximum atomic E-state index is 11.0.